The zero-order chi connectivity index (χ0) is 6.55. The van der Waals surface area contributed by atoms with E-state index in [1.807, 2.05) is 0 Å². The maximum atomic E-state index is 1.61. The summed E-state index contributed by atoms with van der Waals surface area (Å²) in [5.41, 5.74) is 0. The van der Waals surface area contributed by atoms with Gasteiger partial charge in [-0.25, -0.2) is 0 Å². The summed E-state index contributed by atoms with van der Waals surface area (Å²) in [6, 6.07) is 0. The van der Waals surface area contributed by atoms with E-state index < -0.39 is 0 Å². The molecule has 56 valence electrons. The summed E-state index contributed by atoms with van der Waals surface area (Å²) in [7, 11) is 0. The number of fused-ring (bicyclic) bond motifs is 4. The molecule has 0 amide bonds. The van der Waals surface area contributed by atoms with Crippen LogP contribution < -0.4 is 0 Å². The van der Waals surface area contributed by atoms with E-state index in [2.05, 4.69) is 0 Å². The molecule has 0 radical (unpaired) electrons. The van der Waals surface area contributed by atoms with Gasteiger partial charge in [0.1, 0.15) is 0 Å². The van der Waals surface area contributed by atoms with Crippen molar-refractivity contribution in [1.82, 2.24) is 0 Å². The molecule has 0 aromatic rings. The third kappa shape index (κ3) is 0.580. The van der Waals surface area contributed by atoms with E-state index in [4.69, 9.17) is 0 Å². The van der Waals surface area contributed by atoms with Gasteiger partial charge in [0.25, 0.3) is 0 Å². The second-order valence-electron chi connectivity index (χ2n) is 4.68. The van der Waals surface area contributed by atoms with Crippen molar-refractivity contribution >= 4 is 0 Å². The summed E-state index contributed by atoms with van der Waals surface area (Å²) < 4.78 is 0. The zero-order valence-corrected chi connectivity index (χ0v) is 6.55. The molecule has 0 nitrogen and oxygen atoms in total. The third-order valence-electron chi connectivity index (χ3n) is 4.30. The molecule has 0 aromatic heterocycles. The Morgan fingerprint density at radius 2 is 1.40 bits per heavy atom. The highest BCUT2D eigenvalue weighted by Gasteiger charge is 2.45. The minimum absolute atomic E-state index is 1.17. The predicted molar refractivity (Wildman–Crippen MR) is 41.7 cm³/mol. The van der Waals surface area contributed by atoms with Crippen LogP contribution in [0.25, 0.3) is 0 Å². The van der Waals surface area contributed by atoms with Crippen LogP contribution in [0.2, 0.25) is 0 Å². The molecule has 3 rings (SSSR count). The Hall–Kier alpha value is 0. The Morgan fingerprint density at radius 3 is 2.00 bits per heavy atom. The molecule has 4 unspecified atom stereocenters. The fourth-order valence-corrected chi connectivity index (χ4v) is 3.65. The molecule has 0 N–H and O–H groups in total. The van der Waals surface area contributed by atoms with E-state index >= 15 is 0 Å². The molecule has 2 bridgehead atoms. The van der Waals surface area contributed by atoms with Crippen molar-refractivity contribution in [2.45, 2.75) is 38.5 Å². The molecule has 3 saturated carbocycles. The van der Waals surface area contributed by atoms with Crippen molar-refractivity contribution in [2.75, 3.05) is 0 Å². The van der Waals surface area contributed by atoms with Crippen LogP contribution in [0.3, 0.4) is 0 Å². The normalized spacial score (nSPS) is 57.6. The van der Waals surface area contributed by atoms with Crippen LogP contribution in [0.15, 0.2) is 0 Å². The molecule has 0 heterocycles. The molecular weight excluding hydrogens is 120 g/mol. The molecular formula is C10H16. The van der Waals surface area contributed by atoms with Gasteiger partial charge < -0.3 is 0 Å². The summed E-state index contributed by atoms with van der Waals surface area (Å²) >= 11 is 0. The second kappa shape index (κ2) is 1.78. The predicted octanol–water partition coefficient (Wildman–Crippen LogP) is 2.83. The summed E-state index contributed by atoms with van der Waals surface area (Å²) in [6.45, 7) is 0. The Balaban J connectivity index is 1.85. The highest BCUT2D eigenvalue weighted by Crippen LogP contribution is 2.56. The molecule has 3 aliphatic rings. The lowest BCUT2D eigenvalue weighted by molar-refractivity contribution is 0.0558. The van der Waals surface area contributed by atoms with Crippen molar-refractivity contribution < 1.29 is 0 Å². The molecule has 10 heavy (non-hydrogen) atoms. The summed E-state index contributed by atoms with van der Waals surface area (Å²) in [5, 5.41) is 0. The van der Waals surface area contributed by atoms with Crippen molar-refractivity contribution in [3.8, 4) is 0 Å². The van der Waals surface area contributed by atoms with Crippen LogP contribution in [0.1, 0.15) is 38.5 Å². The van der Waals surface area contributed by atoms with Gasteiger partial charge in [-0.1, -0.05) is 6.42 Å². The van der Waals surface area contributed by atoms with Crippen molar-refractivity contribution in [2.24, 2.45) is 23.7 Å². The van der Waals surface area contributed by atoms with Crippen LogP contribution in [0, 0.1) is 23.7 Å². The lowest BCUT2D eigenvalue weighted by Gasteiger charge is -2.45. The fourth-order valence-electron chi connectivity index (χ4n) is 3.65. The van der Waals surface area contributed by atoms with Gasteiger partial charge in [0.05, 0.1) is 0 Å². The quantitative estimate of drug-likeness (QED) is 0.480. The van der Waals surface area contributed by atoms with E-state index in [0.29, 0.717) is 0 Å². The van der Waals surface area contributed by atoms with Crippen molar-refractivity contribution in [1.29, 1.82) is 0 Å². The number of hydrogen-bond donors (Lipinski definition) is 0. The minimum Gasteiger partial charge on any atom is -0.0502 e. The van der Waals surface area contributed by atoms with Crippen LogP contribution >= 0.6 is 0 Å². The fraction of sp³-hybridized carbons (Fsp3) is 1.00. The molecule has 0 aromatic carbocycles. The van der Waals surface area contributed by atoms with Gasteiger partial charge in [-0.2, -0.15) is 0 Å². The largest absolute Gasteiger partial charge is 0.0502 e. The standard InChI is InChI=1S/C10H16/c1-2-8-5-7(1)6-9-3-4-10(8)9/h7-10H,1-6H2. The Bertz CT molecular complexity index is 150. The van der Waals surface area contributed by atoms with Gasteiger partial charge in [-0.15, -0.1) is 0 Å². The summed E-state index contributed by atoms with van der Waals surface area (Å²) in [4.78, 5) is 0. The van der Waals surface area contributed by atoms with E-state index in [1.54, 1.807) is 38.5 Å². The van der Waals surface area contributed by atoms with Gasteiger partial charge in [-0.05, 0) is 55.8 Å². The monoisotopic (exact) mass is 136 g/mol. The Morgan fingerprint density at radius 1 is 0.700 bits per heavy atom. The highest BCUT2D eigenvalue weighted by molar-refractivity contribution is 4.96. The van der Waals surface area contributed by atoms with Crippen molar-refractivity contribution in [3.63, 3.8) is 0 Å². The molecule has 0 spiro atoms. The van der Waals surface area contributed by atoms with Crippen LogP contribution in [-0.4, -0.2) is 0 Å². The van der Waals surface area contributed by atoms with Crippen LogP contribution in [0.5, 0.6) is 0 Å². The highest BCUT2D eigenvalue weighted by atomic mass is 14.5. The van der Waals surface area contributed by atoms with E-state index in [0.717, 1.165) is 0 Å². The molecule has 3 fully saturated rings. The van der Waals surface area contributed by atoms with Gasteiger partial charge in [-0.3, -0.25) is 0 Å². The number of rotatable bonds is 0. The van der Waals surface area contributed by atoms with Crippen LogP contribution in [0.4, 0.5) is 0 Å². The van der Waals surface area contributed by atoms with E-state index in [1.165, 1.54) is 23.7 Å². The Kier molecular flexibility index (Phi) is 1.00. The lowest BCUT2D eigenvalue weighted by Crippen LogP contribution is -2.35. The zero-order valence-electron chi connectivity index (χ0n) is 6.55. The molecule has 4 atom stereocenters. The first kappa shape index (κ1) is 5.62. The minimum atomic E-state index is 1.17. The topological polar surface area (TPSA) is 0 Å². The van der Waals surface area contributed by atoms with Gasteiger partial charge in [0.15, 0.2) is 0 Å². The average molecular weight is 136 g/mol. The smallest absolute Gasteiger partial charge is 0.0357 e. The molecule has 3 aliphatic carbocycles. The number of hydrogen-bond acceptors (Lipinski definition) is 0. The van der Waals surface area contributed by atoms with Gasteiger partial charge in [0, 0.05) is 0 Å². The first-order chi connectivity index (χ1) is 4.93. The maximum Gasteiger partial charge on any atom is -0.0357 e. The third-order valence-corrected chi connectivity index (χ3v) is 4.30. The summed E-state index contributed by atoms with van der Waals surface area (Å²) in [5.74, 6) is 4.77. The molecule has 0 saturated heterocycles. The first-order valence-electron chi connectivity index (χ1n) is 4.93. The second-order valence-corrected chi connectivity index (χ2v) is 4.68. The summed E-state index contributed by atoms with van der Waals surface area (Å²) in [6.07, 6.45) is 9.56. The van der Waals surface area contributed by atoms with Crippen molar-refractivity contribution in [3.05, 3.63) is 0 Å². The molecule has 0 heteroatoms. The van der Waals surface area contributed by atoms with Crippen LogP contribution in [-0.2, 0) is 0 Å². The van der Waals surface area contributed by atoms with Gasteiger partial charge >= 0.3 is 0 Å². The maximum absolute atomic E-state index is 1.61. The van der Waals surface area contributed by atoms with E-state index in [-0.39, 0.29) is 0 Å². The Labute approximate surface area is 63.0 Å². The van der Waals surface area contributed by atoms with Gasteiger partial charge in [0.2, 0.25) is 0 Å². The lowest BCUT2D eigenvalue weighted by atomic mass is 9.61. The SMILES string of the molecule is C1CC2CC1CC1CCC21. The van der Waals surface area contributed by atoms with E-state index in [9.17, 15) is 0 Å². The average Bonchev–Trinajstić information content (AvgIpc) is 2.25. The first-order valence-corrected chi connectivity index (χ1v) is 4.93. The molecule has 0 aliphatic heterocycles.